The lowest BCUT2D eigenvalue weighted by molar-refractivity contribution is 0.112. The molecule has 0 aromatic rings. The van der Waals surface area contributed by atoms with Crippen LogP contribution < -0.4 is 11.1 Å². The molecule has 1 saturated heterocycles. The van der Waals surface area contributed by atoms with Gasteiger partial charge in [-0.2, -0.15) is 0 Å². The Morgan fingerprint density at radius 3 is 2.54 bits per heavy atom. The van der Waals surface area contributed by atoms with Crippen LogP contribution >= 0.6 is 0 Å². The van der Waals surface area contributed by atoms with Crippen LogP contribution in [0.4, 0.5) is 4.79 Å². The molecule has 0 saturated carbocycles. The molecule has 1 rings (SSSR count). The van der Waals surface area contributed by atoms with E-state index in [0.29, 0.717) is 12.6 Å². The lowest BCUT2D eigenvalue weighted by Gasteiger charge is -2.26. The second kappa shape index (κ2) is 3.54. The van der Waals surface area contributed by atoms with Crippen molar-refractivity contribution in [1.29, 1.82) is 0 Å². The molecular weight excluding hydrogens is 168 g/mol. The Morgan fingerprint density at radius 2 is 2.15 bits per heavy atom. The van der Waals surface area contributed by atoms with E-state index in [4.69, 9.17) is 10.5 Å². The van der Waals surface area contributed by atoms with Crippen LogP contribution in [0.3, 0.4) is 0 Å². The SMILES string of the molecule is CC(C)(C)C1CC(OC(N)=O)CN1. The Hall–Kier alpha value is -0.770. The molecule has 2 atom stereocenters. The van der Waals surface area contributed by atoms with Crippen molar-refractivity contribution in [3.05, 3.63) is 0 Å². The number of nitrogens with one attached hydrogen (secondary N) is 1. The average molecular weight is 186 g/mol. The molecule has 3 N–H and O–H groups in total. The molecule has 4 heteroatoms. The second-order valence-corrected chi connectivity index (χ2v) is 4.62. The zero-order chi connectivity index (χ0) is 10.1. The fourth-order valence-corrected chi connectivity index (χ4v) is 1.62. The van der Waals surface area contributed by atoms with E-state index < -0.39 is 6.09 Å². The normalized spacial score (nSPS) is 28.8. The van der Waals surface area contributed by atoms with Crippen LogP contribution in [0.25, 0.3) is 0 Å². The van der Waals surface area contributed by atoms with Crippen LogP contribution in [0.5, 0.6) is 0 Å². The minimum Gasteiger partial charge on any atom is -0.445 e. The van der Waals surface area contributed by atoms with Crippen LogP contribution in [0.15, 0.2) is 0 Å². The second-order valence-electron chi connectivity index (χ2n) is 4.62. The molecular formula is C9H18N2O2. The standard InChI is InChI=1S/C9H18N2O2/c1-9(2,3)7-4-6(5-11-7)13-8(10)12/h6-7,11H,4-5H2,1-3H3,(H2,10,12). The van der Waals surface area contributed by atoms with Gasteiger partial charge in [0.05, 0.1) is 0 Å². The molecule has 4 nitrogen and oxygen atoms in total. The van der Waals surface area contributed by atoms with Crippen LogP contribution in [-0.2, 0) is 4.74 Å². The number of carbonyl (C=O) groups excluding carboxylic acids is 1. The highest BCUT2D eigenvalue weighted by atomic mass is 16.6. The minimum atomic E-state index is -0.679. The topological polar surface area (TPSA) is 64.3 Å². The summed E-state index contributed by atoms with van der Waals surface area (Å²) in [5, 5.41) is 3.32. The monoisotopic (exact) mass is 186 g/mol. The van der Waals surface area contributed by atoms with E-state index in [0.717, 1.165) is 6.42 Å². The summed E-state index contributed by atoms with van der Waals surface area (Å²) < 4.78 is 4.91. The Morgan fingerprint density at radius 1 is 1.54 bits per heavy atom. The molecule has 0 spiro atoms. The summed E-state index contributed by atoms with van der Waals surface area (Å²) in [6, 6.07) is 0.400. The average Bonchev–Trinajstić information content (AvgIpc) is 2.32. The van der Waals surface area contributed by atoms with Crippen molar-refractivity contribution in [2.45, 2.75) is 39.3 Å². The first-order valence-corrected chi connectivity index (χ1v) is 4.59. The number of rotatable bonds is 1. The van der Waals surface area contributed by atoms with Gasteiger partial charge in [0.15, 0.2) is 0 Å². The Bertz CT molecular complexity index is 198. The van der Waals surface area contributed by atoms with E-state index in [9.17, 15) is 4.79 Å². The number of amides is 1. The lowest BCUT2D eigenvalue weighted by atomic mass is 9.86. The van der Waals surface area contributed by atoms with E-state index in [1.807, 2.05) is 0 Å². The third-order valence-electron chi connectivity index (χ3n) is 2.42. The van der Waals surface area contributed by atoms with Crippen molar-refractivity contribution in [2.75, 3.05) is 6.54 Å². The zero-order valence-electron chi connectivity index (χ0n) is 8.46. The molecule has 0 bridgehead atoms. The van der Waals surface area contributed by atoms with Crippen molar-refractivity contribution in [1.82, 2.24) is 5.32 Å². The molecule has 0 radical (unpaired) electrons. The summed E-state index contributed by atoms with van der Waals surface area (Å²) in [6.07, 6.45) is 0.120. The highest BCUT2D eigenvalue weighted by Crippen LogP contribution is 2.27. The Labute approximate surface area is 78.8 Å². The predicted molar refractivity (Wildman–Crippen MR) is 50.3 cm³/mol. The highest BCUT2D eigenvalue weighted by Gasteiger charge is 2.33. The van der Waals surface area contributed by atoms with Crippen molar-refractivity contribution in [3.8, 4) is 0 Å². The molecule has 1 aliphatic heterocycles. The van der Waals surface area contributed by atoms with Crippen LogP contribution in [0.1, 0.15) is 27.2 Å². The maximum atomic E-state index is 10.5. The first kappa shape index (κ1) is 10.3. The summed E-state index contributed by atoms with van der Waals surface area (Å²) in [5.74, 6) is 0. The number of carbonyl (C=O) groups is 1. The molecule has 0 aromatic carbocycles. The fraction of sp³-hybridized carbons (Fsp3) is 0.889. The third kappa shape index (κ3) is 2.88. The highest BCUT2D eigenvalue weighted by molar-refractivity contribution is 5.64. The van der Waals surface area contributed by atoms with Crippen LogP contribution in [0, 0.1) is 5.41 Å². The first-order valence-electron chi connectivity index (χ1n) is 4.59. The van der Waals surface area contributed by atoms with E-state index in [-0.39, 0.29) is 11.5 Å². The first-order chi connectivity index (χ1) is 5.89. The Balaban J connectivity index is 2.41. The van der Waals surface area contributed by atoms with Crippen molar-refractivity contribution in [3.63, 3.8) is 0 Å². The van der Waals surface area contributed by atoms with E-state index in [1.54, 1.807) is 0 Å². The molecule has 2 unspecified atom stereocenters. The van der Waals surface area contributed by atoms with Gasteiger partial charge in [-0.3, -0.25) is 0 Å². The molecule has 1 aliphatic rings. The molecule has 76 valence electrons. The van der Waals surface area contributed by atoms with Crippen LogP contribution in [0.2, 0.25) is 0 Å². The minimum absolute atomic E-state index is 0.0540. The zero-order valence-corrected chi connectivity index (χ0v) is 8.46. The molecule has 0 aromatic heterocycles. The maximum absolute atomic E-state index is 10.5. The quantitative estimate of drug-likeness (QED) is 0.638. The van der Waals surface area contributed by atoms with Crippen LogP contribution in [-0.4, -0.2) is 24.8 Å². The fourth-order valence-electron chi connectivity index (χ4n) is 1.62. The molecule has 1 heterocycles. The smallest absolute Gasteiger partial charge is 0.404 e. The summed E-state index contributed by atoms with van der Waals surface area (Å²) in [6.45, 7) is 7.21. The van der Waals surface area contributed by atoms with Gasteiger partial charge in [-0.05, 0) is 5.41 Å². The van der Waals surface area contributed by atoms with Crippen molar-refractivity contribution < 1.29 is 9.53 Å². The number of nitrogens with two attached hydrogens (primary N) is 1. The van der Waals surface area contributed by atoms with Gasteiger partial charge in [-0.15, -0.1) is 0 Å². The Kier molecular flexibility index (Phi) is 2.81. The number of primary amides is 1. The van der Waals surface area contributed by atoms with Gasteiger partial charge in [-0.25, -0.2) is 4.79 Å². The molecule has 1 amide bonds. The maximum Gasteiger partial charge on any atom is 0.404 e. The van der Waals surface area contributed by atoms with Crippen molar-refractivity contribution >= 4 is 6.09 Å². The summed E-state index contributed by atoms with van der Waals surface area (Å²) in [5.41, 5.74) is 5.14. The van der Waals surface area contributed by atoms with Gasteiger partial charge in [0, 0.05) is 19.0 Å². The molecule has 13 heavy (non-hydrogen) atoms. The van der Waals surface area contributed by atoms with Crippen molar-refractivity contribution in [2.24, 2.45) is 11.1 Å². The molecule has 0 aliphatic carbocycles. The van der Waals surface area contributed by atoms with E-state index in [2.05, 4.69) is 26.1 Å². The summed E-state index contributed by atoms with van der Waals surface area (Å²) >= 11 is 0. The number of ether oxygens (including phenoxy) is 1. The largest absolute Gasteiger partial charge is 0.445 e. The number of hydrogen-bond donors (Lipinski definition) is 2. The van der Waals surface area contributed by atoms with E-state index >= 15 is 0 Å². The van der Waals surface area contributed by atoms with E-state index in [1.165, 1.54) is 0 Å². The number of hydrogen-bond acceptors (Lipinski definition) is 3. The van der Waals surface area contributed by atoms with Gasteiger partial charge < -0.3 is 15.8 Å². The van der Waals surface area contributed by atoms with Gasteiger partial charge in [0.1, 0.15) is 6.10 Å². The summed E-state index contributed by atoms with van der Waals surface area (Å²) in [7, 11) is 0. The predicted octanol–water partition coefficient (Wildman–Crippen LogP) is 0.858. The van der Waals surface area contributed by atoms with Gasteiger partial charge in [-0.1, -0.05) is 20.8 Å². The third-order valence-corrected chi connectivity index (χ3v) is 2.42. The summed E-state index contributed by atoms with van der Waals surface area (Å²) in [4.78, 5) is 10.5. The lowest BCUT2D eigenvalue weighted by Crippen LogP contribution is -2.34. The van der Waals surface area contributed by atoms with Gasteiger partial charge >= 0.3 is 6.09 Å². The van der Waals surface area contributed by atoms with Gasteiger partial charge in [0.25, 0.3) is 0 Å². The molecule has 1 fully saturated rings. The van der Waals surface area contributed by atoms with Gasteiger partial charge in [0.2, 0.25) is 0 Å².